The molecule has 3 aliphatic rings. The normalized spacial score (nSPS) is 44.7. The molecule has 0 aromatic rings. The van der Waals surface area contributed by atoms with Crippen LogP contribution in [-0.2, 0) is 0 Å². The lowest BCUT2D eigenvalue weighted by Crippen LogP contribution is -2.41. The molecule has 3 rings (SSSR count). The molecule has 4 unspecified atom stereocenters. The Morgan fingerprint density at radius 3 is 1.45 bits per heavy atom. The average Bonchev–Trinajstić information content (AvgIpc) is 2.47. The molecule has 20 heavy (non-hydrogen) atoms. The lowest BCUT2D eigenvalue weighted by molar-refractivity contribution is -0.00417. The minimum Gasteiger partial charge on any atom is -0.0654 e. The second-order valence-corrected chi connectivity index (χ2v) is 8.36. The summed E-state index contributed by atoms with van der Waals surface area (Å²) >= 11 is 0. The Hall–Kier alpha value is 0. The van der Waals surface area contributed by atoms with E-state index in [4.69, 9.17) is 0 Å². The molecule has 3 saturated carbocycles. The Morgan fingerprint density at radius 1 is 0.600 bits per heavy atom. The van der Waals surface area contributed by atoms with Crippen LogP contribution in [0.25, 0.3) is 0 Å². The summed E-state index contributed by atoms with van der Waals surface area (Å²) in [4.78, 5) is 0. The molecule has 0 saturated heterocycles. The van der Waals surface area contributed by atoms with E-state index >= 15 is 0 Å². The molecule has 116 valence electrons. The summed E-state index contributed by atoms with van der Waals surface area (Å²) in [6, 6.07) is 0. The molecule has 0 aromatic carbocycles. The third-order valence-electron chi connectivity index (χ3n) is 7.15. The Balaban J connectivity index is 1.57. The summed E-state index contributed by atoms with van der Waals surface area (Å²) in [5.74, 6) is 6.73. The third-order valence-corrected chi connectivity index (χ3v) is 7.15. The van der Waals surface area contributed by atoms with Crippen molar-refractivity contribution in [3.05, 3.63) is 0 Å². The monoisotopic (exact) mass is 276 g/mol. The predicted octanol–water partition coefficient (Wildman–Crippen LogP) is 6.45. The van der Waals surface area contributed by atoms with Crippen LogP contribution in [0, 0.1) is 35.5 Å². The van der Waals surface area contributed by atoms with Crippen molar-refractivity contribution in [2.24, 2.45) is 35.5 Å². The van der Waals surface area contributed by atoms with E-state index in [0.717, 1.165) is 35.5 Å². The Morgan fingerprint density at radius 2 is 1.05 bits per heavy atom. The zero-order valence-corrected chi connectivity index (χ0v) is 13.9. The summed E-state index contributed by atoms with van der Waals surface area (Å²) in [6.45, 7) is 4.75. The smallest absolute Gasteiger partial charge is 0.0355 e. The van der Waals surface area contributed by atoms with Gasteiger partial charge in [0.05, 0.1) is 0 Å². The fourth-order valence-corrected chi connectivity index (χ4v) is 6.33. The van der Waals surface area contributed by atoms with Crippen LogP contribution in [0.15, 0.2) is 0 Å². The van der Waals surface area contributed by atoms with Gasteiger partial charge in [-0.05, 0) is 74.0 Å². The molecule has 0 aliphatic heterocycles. The molecule has 0 aromatic heterocycles. The van der Waals surface area contributed by atoms with E-state index in [2.05, 4.69) is 13.8 Å². The van der Waals surface area contributed by atoms with E-state index in [0.29, 0.717) is 0 Å². The van der Waals surface area contributed by atoms with Crippen LogP contribution in [0.1, 0.15) is 90.9 Å². The van der Waals surface area contributed by atoms with Crippen LogP contribution >= 0.6 is 0 Å². The maximum absolute atomic E-state index is 2.37. The average molecular weight is 277 g/mol. The highest BCUT2D eigenvalue weighted by molar-refractivity contribution is 4.94. The Bertz CT molecular complexity index is 264. The largest absolute Gasteiger partial charge is 0.0654 e. The van der Waals surface area contributed by atoms with E-state index in [1.165, 1.54) is 25.7 Å². The van der Waals surface area contributed by atoms with Crippen LogP contribution in [0.3, 0.4) is 0 Å². The van der Waals surface area contributed by atoms with Gasteiger partial charge in [0.1, 0.15) is 0 Å². The molecule has 3 fully saturated rings. The summed E-state index contributed by atoms with van der Waals surface area (Å²) in [5, 5.41) is 0. The first kappa shape index (κ1) is 14.9. The molecule has 0 N–H and O–H groups in total. The van der Waals surface area contributed by atoms with E-state index in [-0.39, 0.29) is 0 Å². The first-order valence-electron chi connectivity index (χ1n) is 9.81. The van der Waals surface area contributed by atoms with Crippen molar-refractivity contribution in [3.63, 3.8) is 0 Å². The van der Waals surface area contributed by atoms with Crippen molar-refractivity contribution < 1.29 is 0 Å². The highest BCUT2D eigenvalue weighted by atomic mass is 14.5. The number of hydrogen-bond acceptors (Lipinski definition) is 0. The van der Waals surface area contributed by atoms with Gasteiger partial charge in [-0.3, -0.25) is 0 Å². The molecule has 0 nitrogen and oxygen atoms in total. The Kier molecular flexibility index (Phi) is 5.10. The van der Waals surface area contributed by atoms with Crippen molar-refractivity contribution in [2.75, 3.05) is 0 Å². The van der Waals surface area contributed by atoms with Gasteiger partial charge in [-0.15, -0.1) is 0 Å². The molecule has 6 atom stereocenters. The third kappa shape index (κ3) is 3.09. The van der Waals surface area contributed by atoms with E-state index in [1.54, 1.807) is 51.4 Å². The molecular formula is C20H36. The van der Waals surface area contributed by atoms with Gasteiger partial charge in [-0.2, -0.15) is 0 Å². The van der Waals surface area contributed by atoms with Gasteiger partial charge in [0.15, 0.2) is 0 Å². The predicted molar refractivity (Wildman–Crippen MR) is 87.7 cm³/mol. The number of hydrogen-bond donors (Lipinski definition) is 0. The van der Waals surface area contributed by atoms with Crippen molar-refractivity contribution >= 4 is 0 Å². The minimum absolute atomic E-state index is 1.09. The van der Waals surface area contributed by atoms with Gasteiger partial charge in [0.25, 0.3) is 0 Å². The van der Waals surface area contributed by atoms with Gasteiger partial charge >= 0.3 is 0 Å². The first-order chi connectivity index (χ1) is 9.81. The summed E-state index contributed by atoms with van der Waals surface area (Å²) in [7, 11) is 0. The quantitative estimate of drug-likeness (QED) is 0.554. The lowest BCUT2D eigenvalue weighted by Gasteiger charge is -2.51. The zero-order chi connectivity index (χ0) is 13.9. The molecule has 0 spiro atoms. The summed E-state index contributed by atoms with van der Waals surface area (Å²) < 4.78 is 0. The fourth-order valence-electron chi connectivity index (χ4n) is 6.33. The molecule has 0 heterocycles. The highest BCUT2D eigenvalue weighted by Gasteiger charge is 2.44. The molecule has 0 bridgehead atoms. The fraction of sp³-hybridized carbons (Fsp3) is 1.00. The second kappa shape index (κ2) is 6.84. The second-order valence-electron chi connectivity index (χ2n) is 8.36. The highest BCUT2D eigenvalue weighted by Crippen LogP contribution is 2.54. The minimum atomic E-state index is 1.09. The van der Waals surface area contributed by atoms with E-state index in [9.17, 15) is 0 Å². The van der Waals surface area contributed by atoms with Crippen molar-refractivity contribution in [1.82, 2.24) is 0 Å². The standard InChI is InChI=1S/C20H36/c1-3-5-15-7-11-19-17(13-15)9-10-18-14-16(6-4-2)8-12-20(18)19/h15-20H,3-14H2,1-2H3/t15-,16-,17?,18?,19?,20?/m0/s1. The van der Waals surface area contributed by atoms with E-state index < -0.39 is 0 Å². The molecule has 3 aliphatic carbocycles. The number of fused-ring (bicyclic) bond motifs is 3. The van der Waals surface area contributed by atoms with Crippen molar-refractivity contribution in [3.8, 4) is 0 Å². The van der Waals surface area contributed by atoms with Crippen LogP contribution in [0.4, 0.5) is 0 Å². The van der Waals surface area contributed by atoms with Gasteiger partial charge < -0.3 is 0 Å². The van der Waals surface area contributed by atoms with Gasteiger partial charge in [-0.25, -0.2) is 0 Å². The maximum Gasteiger partial charge on any atom is -0.0355 e. The van der Waals surface area contributed by atoms with Gasteiger partial charge in [0, 0.05) is 0 Å². The Labute approximate surface area is 127 Å². The molecule has 0 heteroatoms. The summed E-state index contributed by atoms with van der Waals surface area (Å²) in [5.41, 5.74) is 0. The van der Waals surface area contributed by atoms with Crippen molar-refractivity contribution in [1.29, 1.82) is 0 Å². The lowest BCUT2D eigenvalue weighted by atomic mass is 9.55. The first-order valence-corrected chi connectivity index (χ1v) is 9.81. The molecule has 0 amide bonds. The van der Waals surface area contributed by atoms with Crippen LogP contribution in [0.5, 0.6) is 0 Å². The van der Waals surface area contributed by atoms with E-state index in [1.807, 2.05) is 0 Å². The van der Waals surface area contributed by atoms with Crippen LogP contribution in [-0.4, -0.2) is 0 Å². The van der Waals surface area contributed by atoms with Gasteiger partial charge in [-0.1, -0.05) is 52.4 Å². The number of rotatable bonds is 4. The topological polar surface area (TPSA) is 0 Å². The SMILES string of the molecule is CCC[C@H]1CCC2C(CCC3C[C@@H](CCC)CCC32)C1. The zero-order valence-electron chi connectivity index (χ0n) is 13.9. The van der Waals surface area contributed by atoms with Crippen molar-refractivity contribution in [2.45, 2.75) is 90.9 Å². The molecule has 0 radical (unpaired) electrons. The molecular weight excluding hydrogens is 240 g/mol. The van der Waals surface area contributed by atoms with Crippen LogP contribution < -0.4 is 0 Å². The maximum atomic E-state index is 2.37. The van der Waals surface area contributed by atoms with Crippen LogP contribution in [0.2, 0.25) is 0 Å². The van der Waals surface area contributed by atoms with Gasteiger partial charge in [0.2, 0.25) is 0 Å². The summed E-state index contributed by atoms with van der Waals surface area (Å²) in [6.07, 6.45) is 18.5.